The molecule has 1 aromatic rings. The van der Waals surface area contributed by atoms with Gasteiger partial charge in [0, 0.05) is 31.0 Å². The number of aromatic nitrogens is 1. The van der Waals surface area contributed by atoms with Crippen LogP contribution in [-0.4, -0.2) is 34.5 Å². The number of rotatable bonds is 7. The lowest BCUT2D eigenvalue weighted by Crippen LogP contribution is -2.41. The number of nitrogens with one attached hydrogen (secondary N) is 2. The standard InChI is InChI=1S/C13H19N3O4S/c1-13(2,8-11(18)19)7-9(17)16-12(20)15-4-3-10-14-5-6-21-10/h5-6H,3-4,7-8H2,1-2H3,(H,18,19)(H2,15,16,17,20). The lowest BCUT2D eigenvalue weighted by molar-refractivity contribution is -0.139. The molecule has 0 saturated carbocycles. The van der Waals surface area contributed by atoms with Crippen molar-refractivity contribution in [3.8, 4) is 0 Å². The average Bonchev–Trinajstić information content (AvgIpc) is 2.78. The minimum absolute atomic E-state index is 0.0286. The van der Waals surface area contributed by atoms with E-state index in [0.717, 1.165) is 5.01 Å². The molecule has 116 valence electrons. The van der Waals surface area contributed by atoms with E-state index >= 15 is 0 Å². The number of amides is 3. The van der Waals surface area contributed by atoms with Gasteiger partial charge in [0.2, 0.25) is 5.91 Å². The number of carbonyl (C=O) groups is 3. The van der Waals surface area contributed by atoms with Gasteiger partial charge in [-0.25, -0.2) is 9.78 Å². The molecule has 0 spiro atoms. The summed E-state index contributed by atoms with van der Waals surface area (Å²) in [6.45, 7) is 3.72. The quantitative estimate of drug-likeness (QED) is 0.705. The number of imide groups is 1. The Labute approximate surface area is 126 Å². The second-order valence-electron chi connectivity index (χ2n) is 5.39. The molecule has 1 rings (SSSR count). The highest BCUT2D eigenvalue weighted by Gasteiger charge is 2.25. The van der Waals surface area contributed by atoms with Crippen LogP contribution in [0.4, 0.5) is 4.79 Å². The summed E-state index contributed by atoms with van der Waals surface area (Å²) >= 11 is 1.50. The number of thiazole rings is 1. The predicted molar refractivity (Wildman–Crippen MR) is 78.0 cm³/mol. The molecule has 0 aromatic carbocycles. The molecule has 1 aromatic heterocycles. The number of urea groups is 1. The number of carboxylic acids is 1. The fraction of sp³-hybridized carbons (Fsp3) is 0.538. The van der Waals surface area contributed by atoms with Crippen molar-refractivity contribution in [1.82, 2.24) is 15.6 Å². The van der Waals surface area contributed by atoms with E-state index in [-0.39, 0.29) is 12.8 Å². The third-order valence-corrected chi connectivity index (χ3v) is 3.47. The molecule has 1 heterocycles. The normalized spacial score (nSPS) is 11.0. The van der Waals surface area contributed by atoms with Gasteiger partial charge in [0.25, 0.3) is 0 Å². The van der Waals surface area contributed by atoms with Gasteiger partial charge in [0.1, 0.15) is 0 Å². The van der Waals surface area contributed by atoms with Crippen LogP contribution in [0.25, 0.3) is 0 Å². The molecule has 0 unspecified atom stereocenters. The van der Waals surface area contributed by atoms with Crippen molar-refractivity contribution < 1.29 is 19.5 Å². The molecule has 7 nitrogen and oxygen atoms in total. The van der Waals surface area contributed by atoms with Gasteiger partial charge in [-0.1, -0.05) is 13.8 Å². The molecule has 0 aliphatic heterocycles. The van der Waals surface area contributed by atoms with E-state index in [0.29, 0.717) is 13.0 Å². The Morgan fingerprint density at radius 2 is 2.05 bits per heavy atom. The maximum Gasteiger partial charge on any atom is 0.321 e. The highest BCUT2D eigenvalue weighted by molar-refractivity contribution is 7.09. The van der Waals surface area contributed by atoms with Crippen molar-refractivity contribution in [2.75, 3.05) is 6.54 Å². The summed E-state index contributed by atoms with van der Waals surface area (Å²) in [5.74, 6) is -1.46. The van der Waals surface area contributed by atoms with Crippen molar-refractivity contribution >= 4 is 29.2 Å². The third kappa shape index (κ3) is 7.40. The van der Waals surface area contributed by atoms with Crippen molar-refractivity contribution in [2.24, 2.45) is 5.41 Å². The molecule has 3 N–H and O–H groups in total. The molecule has 21 heavy (non-hydrogen) atoms. The molecule has 0 fully saturated rings. The van der Waals surface area contributed by atoms with Gasteiger partial charge in [0.05, 0.1) is 11.4 Å². The summed E-state index contributed by atoms with van der Waals surface area (Å²) in [6.07, 6.45) is 2.13. The van der Waals surface area contributed by atoms with Crippen molar-refractivity contribution in [2.45, 2.75) is 33.1 Å². The number of nitrogens with zero attached hydrogens (tertiary/aromatic N) is 1. The minimum atomic E-state index is -0.972. The Kier molecular flexibility index (Phi) is 6.29. The third-order valence-electron chi connectivity index (χ3n) is 2.63. The Morgan fingerprint density at radius 1 is 1.33 bits per heavy atom. The summed E-state index contributed by atoms with van der Waals surface area (Å²) in [5, 5.41) is 16.2. The predicted octanol–water partition coefficient (Wildman–Crippen LogP) is 1.40. The fourth-order valence-electron chi connectivity index (χ4n) is 1.78. The Hall–Kier alpha value is -1.96. The monoisotopic (exact) mass is 313 g/mol. The largest absolute Gasteiger partial charge is 0.481 e. The molecule has 0 aliphatic rings. The first-order valence-corrected chi connectivity index (χ1v) is 7.34. The zero-order chi connectivity index (χ0) is 15.9. The Balaban J connectivity index is 2.27. The highest BCUT2D eigenvalue weighted by atomic mass is 32.1. The van der Waals surface area contributed by atoms with E-state index in [4.69, 9.17) is 5.11 Å². The number of aliphatic carboxylic acids is 1. The average molecular weight is 313 g/mol. The summed E-state index contributed by atoms with van der Waals surface area (Å²) < 4.78 is 0. The van der Waals surface area contributed by atoms with Crippen molar-refractivity contribution in [1.29, 1.82) is 0 Å². The summed E-state index contributed by atoms with van der Waals surface area (Å²) in [4.78, 5) is 37.9. The van der Waals surface area contributed by atoms with Crippen LogP contribution in [0.15, 0.2) is 11.6 Å². The van der Waals surface area contributed by atoms with Gasteiger partial charge in [-0.2, -0.15) is 0 Å². The zero-order valence-corrected chi connectivity index (χ0v) is 12.8. The molecule has 0 bridgehead atoms. The van der Waals surface area contributed by atoms with Crippen LogP contribution in [0.3, 0.4) is 0 Å². The van der Waals surface area contributed by atoms with Crippen LogP contribution in [0.5, 0.6) is 0 Å². The molecular formula is C13H19N3O4S. The summed E-state index contributed by atoms with van der Waals surface area (Å²) in [6, 6.07) is -0.581. The van der Waals surface area contributed by atoms with Crippen LogP contribution in [0.2, 0.25) is 0 Å². The van der Waals surface area contributed by atoms with E-state index in [1.807, 2.05) is 5.38 Å². The van der Waals surface area contributed by atoms with E-state index in [1.165, 1.54) is 11.3 Å². The van der Waals surface area contributed by atoms with Gasteiger partial charge < -0.3 is 10.4 Å². The van der Waals surface area contributed by atoms with Crippen molar-refractivity contribution in [3.05, 3.63) is 16.6 Å². The van der Waals surface area contributed by atoms with E-state index in [9.17, 15) is 14.4 Å². The first-order valence-electron chi connectivity index (χ1n) is 6.46. The number of carbonyl (C=O) groups excluding carboxylic acids is 2. The molecule has 0 radical (unpaired) electrons. The first kappa shape index (κ1) is 17.1. The molecule has 3 amide bonds. The SMILES string of the molecule is CC(C)(CC(=O)O)CC(=O)NC(=O)NCCc1nccs1. The Morgan fingerprint density at radius 3 is 2.62 bits per heavy atom. The second-order valence-corrected chi connectivity index (χ2v) is 6.37. The van der Waals surface area contributed by atoms with Gasteiger partial charge >= 0.3 is 12.0 Å². The van der Waals surface area contributed by atoms with E-state index in [1.54, 1.807) is 20.0 Å². The lowest BCUT2D eigenvalue weighted by atomic mass is 9.85. The topological polar surface area (TPSA) is 108 Å². The second kappa shape index (κ2) is 7.72. The van der Waals surface area contributed by atoms with Crippen LogP contribution in [0, 0.1) is 5.41 Å². The van der Waals surface area contributed by atoms with Crippen LogP contribution in [0.1, 0.15) is 31.7 Å². The maximum absolute atomic E-state index is 11.7. The molecule has 0 atom stereocenters. The molecule has 0 aliphatic carbocycles. The number of hydrogen-bond donors (Lipinski definition) is 3. The van der Waals surface area contributed by atoms with Gasteiger partial charge in [-0.3, -0.25) is 14.9 Å². The molecule has 0 saturated heterocycles. The lowest BCUT2D eigenvalue weighted by Gasteiger charge is -2.21. The highest BCUT2D eigenvalue weighted by Crippen LogP contribution is 2.24. The van der Waals surface area contributed by atoms with Crippen LogP contribution < -0.4 is 10.6 Å². The number of hydrogen-bond acceptors (Lipinski definition) is 5. The van der Waals surface area contributed by atoms with Gasteiger partial charge in [-0.15, -0.1) is 11.3 Å². The smallest absolute Gasteiger partial charge is 0.321 e. The van der Waals surface area contributed by atoms with Crippen molar-refractivity contribution in [3.63, 3.8) is 0 Å². The first-order chi connectivity index (χ1) is 9.78. The molecule has 8 heteroatoms. The molecular weight excluding hydrogens is 294 g/mol. The number of carboxylic acid groups (broad SMARTS) is 1. The van der Waals surface area contributed by atoms with Crippen LogP contribution >= 0.6 is 11.3 Å². The van der Waals surface area contributed by atoms with E-state index < -0.39 is 23.3 Å². The fourth-order valence-corrected chi connectivity index (χ4v) is 2.40. The minimum Gasteiger partial charge on any atom is -0.481 e. The summed E-state index contributed by atoms with van der Waals surface area (Å²) in [7, 11) is 0. The maximum atomic E-state index is 11.7. The zero-order valence-electron chi connectivity index (χ0n) is 12.0. The van der Waals surface area contributed by atoms with Gasteiger partial charge in [-0.05, 0) is 5.41 Å². The Bertz CT molecular complexity index is 500. The van der Waals surface area contributed by atoms with Crippen LogP contribution in [-0.2, 0) is 16.0 Å². The van der Waals surface area contributed by atoms with Gasteiger partial charge in [0.15, 0.2) is 0 Å². The summed E-state index contributed by atoms with van der Waals surface area (Å²) in [5.41, 5.74) is -0.697. The van der Waals surface area contributed by atoms with E-state index in [2.05, 4.69) is 15.6 Å².